The second-order valence-corrected chi connectivity index (χ2v) is 10.3. The number of aromatic amines is 1. The maximum atomic E-state index is 14.0. The average molecular weight is 524 g/mol. The summed E-state index contributed by atoms with van der Waals surface area (Å²) in [5, 5.41) is 3.93. The van der Waals surface area contributed by atoms with Crippen LogP contribution in [-0.2, 0) is 20.7 Å². The number of likely N-dealkylation sites (tertiary alicyclic amines) is 1. The molecule has 0 aliphatic carbocycles. The van der Waals surface area contributed by atoms with Gasteiger partial charge < -0.3 is 19.9 Å². The highest BCUT2D eigenvalue weighted by molar-refractivity contribution is 5.99. The molecule has 1 aromatic heterocycles. The number of H-pyrrole nitrogens is 1. The lowest BCUT2D eigenvalue weighted by atomic mass is 9.90. The number of aryl methyl sites for hydroxylation is 2. The highest BCUT2D eigenvalue weighted by Crippen LogP contribution is 2.35. The zero-order valence-electron chi connectivity index (χ0n) is 22.4. The minimum atomic E-state index is -0.906. The van der Waals surface area contributed by atoms with Gasteiger partial charge in [0.1, 0.15) is 12.1 Å². The van der Waals surface area contributed by atoms with Gasteiger partial charge in [0.2, 0.25) is 5.91 Å². The van der Waals surface area contributed by atoms with Crippen LogP contribution in [0.4, 0.5) is 0 Å². The first-order chi connectivity index (χ1) is 18.9. The van der Waals surface area contributed by atoms with Crippen LogP contribution in [0, 0.1) is 13.8 Å². The van der Waals surface area contributed by atoms with Gasteiger partial charge in [-0.05, 0) is 49.6 Å². The largest absolute Gasteiger partial charge is 0.467 e. The summed E-state index contributed by atoms with van der Waals surface area (Å²) in [4.78, 5) is 45.5. The van der Waals surface area contributed by atoms with Crippen molar-refractivity contribution in [3.63, 3.8) is 0 Å². The summed E-state index contributed by atoms with van der Waals surface area (Å²) in [6.07, 6.45) is 2.76. The van der Waals surface area contributed by atoms with Gasteiger partial charge in [0.25, 0.3) is 5.91 Å². The van der Waals surface area contributed by atoms with Crippen LogP contribution in [-0.4, -0.2) is 53.4 Å². The Bertz CT molecular complexity index is 1490. The van der Waals surface area contributed by atoms with Gasteiger partial charge in [-0.15, -0.1) is 0 Å². The zero-order chi connectivity index (χ0) is 27.5. The van der Waals surface area contributed by atoms with Gasteiger partial charge in [0.15, 0.2) is 0 Å². The second-order valence-electron chi connectivity index (χ2n) is 10.3. The van der Waals surface area contributed by atoms with E-state index in [2.05, 4.69) is 10.3 Å². The first-order valence-corrected chi connectivity index (χ1v) is 13.2. The van der Waals surface area contributed by atoms with Crippen molar-refractivity contribution in [1.82, 2.24) is 15.2 Å². The summed E-state index contributed by atoms with van der Waals surface area (Å²) >= 11 is 0. The molecule has 0 bridgehead atoms. The summed E-state index contributed by atoms with van der Waals surface area (Å²) in [6.45, 7) is 4.35. The van der Waals surface area contributed by atoms with E-state index in [-0.39, 0.29) is 24.2 Å². The number of hydrogen-bond donors (Lipinski definition) is 2. The summed E-state index contributed by atoms with van der Waals surface area (Å²) in [5.41, 5.74) is 5.37. The average Bonchev–Trinajstić information content (AvgIpc) is 3.57. The summed E-state index contributed by atoms with van der Waals surface area (Å²) in [6, 6.07) is 21.6. The minimum Gasteiger partial charge on any atom is -0.467 e. The standard InChI is InChI=1S/C32H33N3O4/c1-20-15-21(2)17-23(16-20)31(37)35-14-13-26(22-9-5-4-6-10-22)29(35)30(36)34-28(32(38)39-3)18-24-19-33-27-12-8-7-11-25(24)27/h4-12,15-17,19,26,28-29,33H,13-14,18H2,1-3H3,(H,34,36)/t26-,28-,29+/m0/s1. The second kappa shape index (κ2) is 11.2. The number of carbonyl (C=O) groups excluding carboxylic acids is 3. The van der Waals surface area contributed by atoms with Crippen LogP contribution in [0.3, 0.4) is 0 Å². The summed E-state index contributed by atoms with van der Waals surface area (Å²) in [7, 11) is 1.31. The number of nitrogens with zero attached hydrogens (tertiary/aromatic N) is 1. The molecule has 2 heterocycles. The molecule has 7 nitrogen and oxygen atoms in total. The molecule has 5 rings (SSSR count). The fraction of sp³-hybridized carbons (Fsp3) is 0.281. The van der Waals surface area contributed by atoms with Crippen molar-refractivity contribution >= 4 is 28.7 Å². The quantitative estimate of drug-likeness (QED) is 0.344. The van der Waals surface area contributed by atoms with Crippen molar-refractivity contribution < 1.29 is 19.1 Å². The molecule has 1 aliphatic rings. The lowest BCUT2D eigenvalue weighted by Gasteiger charge is -2.29. The Morgan fingerprint density at radius 2 is 1.69 bits per heavy atom. The molecule has 1 aliphatic heterocycles. The monoisotopic (exact) mass is 523 g/mol. The van der Waals surface area contributed by atoms with E-state index >= 15 is 0 Å². The molecule has 4 aromatic rings. The van der Waals surface area contributed by atoms with Crippen LogP contribution < -0.4 is 5.32 Å². The van der Waals surface area contributed by atoms with Crippen molar-refractivity contribution in [2.45, 2.75) is 44.7 Å². The van der Waals surface area contributed by atoms with Crippen LogP contribution >= 0.6 is 0 Å². The predicted molar refractivity (Wildman–Crippen MR) is 150 cm³/mol. The molecule has 0 unspecified atom stereocenters. The first kappa shape index (κ1) is 26.2. The Labute approximate surface area is 228 Å². The van der Waals surface area contributed by atoms with Gasteiger partial charge in [-0.3, -0.25) is 9.59 Å². The summed E-state index contributed by atoms with van der Waals surface area (Å²) < 4.78 is 5.07. The van der Waals surface area contributed by atoms with E-state index in [4.69, 9.17) is 4.74 Å². The number of para-hydroxylation sites is 1. The number of ether oxygens (including phenoxy) is 1. The topological polar surface area (TPSA) is 91.5 Å². The fourth-order valence-electron chi connectivity index (χ4n) is 5.77. The van der Waals surface area contributed by atoms with Crippen molar-refractivity contribution in [3.05, 3.63) is 107 Å². The number of esters is 1. The van der Waals surface area contributed by atoms with Crippen LogP contribution in [0.1, 0.15) is 45.0 Å². The minimum absolute atomic E-state index is 0.188. The Kier molecular flexibility index (Phi) is 7.50. The molecule has 3 atom stereocenters. The number of hydrogen-bond acceptors (Lipinski definition) is 4. The number of benzene rings is 3. The molecule has 0 saturated carbocycles. The van der Waals surface area contributed by atoms with E-state index < -0.39 is 18.1 Å². The van der Waals surface area contributed by atoms with E-state index in [9.17, 15) is 14.4 Å². The van der Waals surface area contributed by atoms with Gasteiger partial charge >= 0.3 is 5.97 Å². The van der Waals surface area contributed by atoms with Crippen molar-refractivity contribution in [2.75, 3.05) is 13.7 Å². The Morgan fingerprint density at radius 1 is 1.00 bits per heavy atom. The normalized spacial score (nSPS) is 17.7. The van der Waals surface area contributed by atoms with Gasteiger partial charge in [-0.2, -0.15) is 0 Å². The van der Waals surface area contributed by atoms with Crippen molar-refractivity contribution in [2.24, 2.45) is 0 Å². The maximum absolute atomic E-state index is 14.0. The third kappa shape index (κ3) is 5.43. The van der Waals surface area contributed by atoms with Crippen molar-refractivity contribution in [3.8, 4) is 0 Å². The molecule has 0 radical (unpaired) electrons. The highest BCUT2D eigenvalue weighted by Gasteiger charge is 2.44. The highest BCUT2D eigenvalue weighted by atomic mass is 16.5. The number of amides is 2. The first-order valence-electron chi connectivity index (χ1n) is 13.2. The number of fused-ring (bicyclic) bond motifs is 1. The molecule has 200 valence electrons. The van der Waals surface area contributed by atoms with E-state index in [1.54, 1.807) is 4.90 Å². The number of nitrogens with one attached hydrogen (secondary N) is 2. The van der Waals surface area contributed by atoms with E-state index in [1.165, 1.54) is 7.11 Å². The number of aromatic nitrogens is 1. The van der Waals surface area contributed by atoms with Crippen LogP contribution in [0.25, 0.3) is 10.9 Å². The maximum Gasteiger partial charge on any atom is 0.328 e. The van der Waals surface area contributed by atoms with Crippen LogP contribution in [0.5, 0.6) is 0 Å². The smallest absolute Gasteiger partial charge is 0.328 e. The predicted octanol–water partition coefficient (Wildman–Crippen LogP) is 4.68. The zero-order valence-corrected chi connectivity index (χ0v) is 22.4. The Morgan fingerprint density at radius 3 is 2.41 bits per heavy atom. The van der Waals surface area contributed by atoms with Crippen LogP contribution in [0.2, 0.25) is 0 Å². The molecular formula is C32H33N3O4. The fourth-order valence-corrected chi connectivity index (χ4v) is 5.77. The lowest BCUT2D eigenvalue weighted by molar-refractivity contribution is -0.145. The molecule has 7 heteroatoms. The third-order valence-electron chi connectivity index (χ3n) is 7.52. The molecule has 2 amide bonds. The number of carbonyl (C=O) groups is 3. The van der Waals surface area contributed by atoms with Crippen molar-refractivity contribution in [1.29, 1.82) is 0 Å². The molecule has 0 spiro atoms. The molecule has 1 saturated heterocycles. The Balaban J connectivity index is 1.46. The molecule has 2 N–H and O–H groups in total. The Hall–Kier alpha value is -4.39. The lowest BCUT2D eigenvalue weighted by Crippen LogP contribution is -2.53. The molecular weight excluding hydrogens is 490 g/mol. The summed E-state index contributed by atoms with van der Waals surface area (Å²) in [5.74, 6) is -1.29. The molecule has 39 heavy (non-hydrogen) atoms. The van der Waals surface area contributed by atoms with E-state index in [0.717, 1.165) is 33.2 Å². The van der Waals surface area contributed by atoms with Gasteiger partial charge in [-0.1, -0.05) is 65.7 Å². The molecule has 3 aromatic carbocycles. The van der Waals surface area contributed by atoms with Gasteiger partial charge in [0, 0.05) is 41.5 Å². The SMILES string of the molecule is COC(=O)[C@H](Cc1c[nH]c2ccccc12)NC(=O)[C@H]1[C@H](c2ccccc2)CCN1C(=O)c1cc(C)cc(C)c1. The van der Waals surface area contributed by atoms with Gasteiger partial charge in [-0.25, -0.2) is 4.79 Å². The van der Waals surface area contributed by atoms with Crippen LogP contribution in [0.15, 0.2) is 79.0 Å². The molecule has 1 fully saturated rings. The number of rotatable bonds is 7. The van der Waals surface area contributed by atoms with Gasteiger partial charge in [0.05, 0.1) is 7.11 Å². The van der Waals surface area contributed by atoms with E-state index in [1.807, 2.05) is 92.8 Å². The third-order valence-corrected chi connectivity index (χ3v) is 7.52. The number of methoxy groups -OCH3 is 1. The van der Waals surface area contributed by atoms with E-state index in [0.29, 0.717) is 18.5 Å².